The van der Waals surface area contributed by atoms with E-state index in [9.17, 15) is 14.4 Å². The first-order chi connectivity index (χ1) is 28.0. The van der Waals surface area contributed by atoms with Gasteiger partial charge in [-0.3, -0.25) is 0 Å². The van der Waals surface area contributed by atoms with Gasteiger partial charge in [-0.1, -0.05) is 121 Å². The maximum Gasteiger partial charge on any atom is 0.343 e. The Morgan fingerprint density at radius 3 is 1.30 bits per heavy atom. The highest BCUT2D eigenvalue weighted by atomic mass is 16.5. The Labute approximate surface area is 340 Å². The molecule has 0 heterocycles. The number of ether oxygens (including phenoxy) is 6. The maximum atomic E-state index is 12.7. The van der Waals surface area contributed by atoms with Gasteiger partial charge in [0.2, 0.25) is 0 Å². The summed E-state index contributed by atoms with van der Waals surface area (Å²) in [4.78, 5) is 34.7. The second-order valence-corrected chi connectivity index (χ2v) is 14.1. The van der Waals surface area contributed by atoms with Gasteiger partial charge in [-0.15, -0.1) is 0 Å². The first-order valence-corrected chi connectivity index (χ1v) is 20.9. The van der Waals surface area contributed by atoms with Gasteiger partial charge < -0.3 is 28.4 Å². The van der Waals surface area contributed by atoms with Crippen molar-refractivity contribution in [2.75, 3.05) is 26.4 Å². The standard InChI is InChI=1S/C48H64O9/c1-3-46(49)54-36-20-16-12-7-5-6-11-15-19-35-53-43-30-32-44(33-31-43)56-39-41-24-28-45(29-25-41)57-48(51)42-26-22-40(23-27-42)38-52-34-18-14-10-8-9-13-17-21-37-55-47(50)4-2/h3-4,22-33H,1-2,5-21,34-39H2. The SMILES string of the molecule is C=CC(=O)OCCCCCCCCCCCOc1ccc(OCc2ccc(OC(=O)c3ccc(COCCCCCCCCCCOC(=O)C=C)cc3)cc2)cc1. The van der Waals surface area contributed by atoms with E-state index in [1.807, 2.05) is 48.5 Å². The van der Waals surface area contributed by atoms with Crippen LogP contribution in [0.2, 0.25) is 0 Å². The van der Waals surface area contributed by atoms with Gasteiger partial charge in [0.15, 0.2) is 0 Å². The normalized spacial score (nSPS) is 10.7. The summed E-state index contributed by atoms with van der Waals surface area (Å²) in [5.74, 6) is 0.966. The summed E-state index contributed by atoms with van der Waals surface area (Å²) in [6.07, 6.45) is 21.6. The largest absolute Gasteiger partial charge is 0.494 e. The predicted octanol–water partition coefficient (Wildman–Crippen LogP) is 11.5. The minimum atomic E-state index is -0.407. The minimum Gasteiger partial charge on any atom is -0.494 e. The van der Waals surface area contributed by atoms with E-state index >= 15 is 0 Å². The van der Waals surface area contributed by atoms with Crippen LogP contribution in [0, 0.1) is 0 Å². The van der Waals surface area contributed by atoms with E-state index in [1.165, 1.54) is 63.5 Å². The number of carbonyl (C=O) groups excluding carboxylic acids is 3. The molecule has 0 aliphatic heterocycles. The van der Waals surface area contributed by atoms with Crippen molar-refractivity contribution in [1.29, 1.82) is 0 Å². The fourth-order valence-corrected chi connectivity index (χ4v) is 6.01. The molecular formula is C48H64O9. The van der Waals surface area contributed by atoms with Crippen LogP contribution in [0.5, 0.6) is 17.2 Å². The Morgan fingerprint density at radius 2 is 0.807 bits per heavy atom. The molecule has 0 fully saturated rings. The fraction of sp³-hybridized carbons (Fsp3) is 0.479. The van der Waals surface area contributed by atoms with Crippen LogP contribution in [0.3, 0.4) is 0 Å². The average Bonchev–Trinajstić information content (AvgIpc) is 3.24. The lowest BCUT2D eigenvalue weighted by molar-refractivity contribution is -0.138. The smallest absolute Gasteiger partial charge is 0.343 e. The summed E-state index contributed by atoms with van der Waals surface area (Å²) < 4.78 is 33.3. The number of esters is 3. The summed E-state index contributed by atoms with van der Waals surface area (Å²) in [6, 6.07) is 22.4. The van der Waals surface area contributed by atoms with Crippen molar-refractivity contribution in [3.05, 3.63) is 115 Å². The number of unbranched alkanes of at least 4 members (excludes halogenated alkanes) is 15. The zero-order chi connectivity index (χ0) is 40.6. The van der Waals surface area contributed by atoms with Crippen LogP contribution in [-0.2, 0) is 37.0 Å². The fourth-order valence-electron chi connectivity index (χ4n) is 6.01. The Morgan fingerprint density at radius 1 is 0.421 bits per heavy atom. The van der Waals surface area contributed by atoms with Crippen molar-refractivity contribution in [2.45, 2.75) is 122 Å². The van der Waals surface area contributed by atoms with Crippen molar-refractivity contribution in [2.24, 2.45) is 0 Å². The zero-order valence-electron chi connectivity index (χ0n) is 33.9. The summed E-state index contributed by atoms with van der Waals surface area (Å²) in [5, 5.41) is 0. The third-order valence-corrected chi connectivity index (χ3v) is 9.38. The lowest BCUT2D eigenvalue weighted by Gasteiger charge is -2.10. The second-order valence-electron chi connectivity index (χ2n) is 14.1. The van der Waals surface area contributed by atoms with E-state index in [-0.39, 0.29) is 11.9 Å². The second kappa shape index (κ2) is 30.3. The Balaban J connectivity index is 1.18. The molecule has 0 spiro atoms. The first-order valence-electron chi connectivity index (χ1n) is 20.9. The number of benzene rings is 3. The third kappa shape index (κ3) is 22.4. The minimum absolute atomic E-state index is 0.341. The van der Waals surface area contributed by atoms with Gasteiger partial charge in [-0.05, 0) is 85.3 Å². The number of rotatable bonds is 33. The highest BCUT2D eigenvalue weighted by Gasteiger charge is 2.09. The molecular weight excluding hydrogens is 721 g/mol. The Bertz CT molecular complexity index is 1550. The number of hydrogen-bond donors (Lipinski definition) is 0. The lowest BCUT2D eigenvalue weighted by atomic mass is 10.1. The molecule has 0 bridgehead atoms. The van der Waals surface area contributed by atoms with E-state index in [2.05, 4.69) is 13.2 Å². The van der Waals surface area contributed by atoms with E-state index in [4.69, 9.17) is 28.4 Å². The number of carbonyl (C=O) groups is 3. The van der Waals surface area contributed by atoms with E-state index < -0.39 is 5.97 Å². The van der Waals surface area contributed by atoms with E-state index in [1.54, 1.807) is 24.3 Å². The molecule has 9 nitrogen and oxygen atoms in total. The topological polar surface area (TPSA) is 107 Å². The molecule has 0 radical (unpaired) electrons. The quantitative estimate of drug-likeness (QED) is 0.0258. The highest BCUT2D eigenvalue weighted by Crippen LogP contribution is 2.21. The molecule has 3 rings (SSSR count). The molecule has 0 aliphatic rings. The van der Waals surface area contributed by atoms with Crippen molar-refractivity contribution in [3.8, 4) is 17.2 Å². The van der Waals surface area contributed by atoms with Gasteiger partial charge in [-0.25, -0.2) is 14.4 Å². The van der Waals surface area contributed by atoms with Crippen molar-refractivity contribution < 1.29 is 42.8 Å². The molecule has 3 aromatic carbocycles. The van der Waals surface area contributed by atoms with Gasteiger partial charge in [0.25, 0.3) is 0 Å². The molecule has 0 atom stereocenters. The molecule has 9 heteroatoms. The molecule has 0 unspecified atom stereocenters. The highest BCUT2D eigenvalue weighted by molar-refractivity contribution is 5.91. The molecule has 0 aromatic heterocycles. The molecule has 0 N–H and O–H groups in total. The first kappa shape index (κ1) is 46.5. The van der Waals surface area contributed by atoms with Gasteiger partial charge >= 0.3 is 17.9 Å². The maximum absolute atomic E-state index is 12.7. The summed E-state index contributed by atoms with van der Waals surface area (Å²) in [5.41, 5.74) is 2.46. The van der Waals surface area contributed by atoms with Crippen molar-refractivity contribution in [3.63, 3.8) is 0 Å². The van der Waals surface area contributed by atoms with Crippen molar-refractivity contribution in [1.82, 2.24) is 0 Å². The average molecular weight is 785 g/mol. The zero-order valence-corrected chi connectivity index (χ0v) is 33.9. The van der Waals surface area contributed by atoms with Crippen LogP contribution in [0.25, 0.3) is 0 Å². The third-order valence-electron chi connectivity index (χ3n) is 9.38. The Hall–Kier alpha value is -4.89. The summed E-state index contributed by atoms with van der Waals surface area (Å²) >= 11 is 0. The lowest BCUT2D eigenvalue weighted by Crippen LogP contribution is -2.08. The molecule has 0 amide bonds. The molecule has 57 heavy (non-hydrogen) atoms. The summed E-state index contributed by atoms with van der Waals surface area (Å²) in [7, 11) is 0. The molecule has 310 valence electrons. The van der Waals surface area contributed by atoms with Gasteiger partial charge in [0, 0.05) is 18.8 Å². The van der Waals surface area contributed by atoms with Crippen LogP contribution >= 0.6 is 0 Å². The number of hydrogen-bond acceptors (Lipinski definition) is 9. The van der Waals surface area contributed by atoms with E-state index in [0.29, 0.717) is 51.0 Å². The molecule has 0 aliphatic carbocycles. The van der Waals surface area contributed by atoms with Gasteiger partial charge in [0.05, 0.1) is 32.0 Å². The monoisotopic (exact) mass is 784 g/mol. The van der Waals surface area contributed by atoms with Crippen LogP contribution in [0.15, 0.2) is 98.1 Å². The van der Waals surface area contributed by atoms with Gasteiger partial charge in [0.1, 0.15) is 23.9 Å². The van der Waals surface area contributed by atoms with Crippen LogP contribution in [-0.4, -0.2) is 44.3 Å². The summed E-state index contributed by atoms with van der Waals surface area (Å²) in [6.45, 7) is 10.1. The molecule has 3 aromatic rings. The van der Waals surface area contributed by atoms with Crippen LogP contribution < -0.4 is 14.2 Å². The van der Waals surface area contributed by atoms with Crippen LogP contribution in [0.1, 0.15) is 131 Å². The van der Waals surface area contributed by atoms with Crippen molar-refractivity contribution >= 4 is 17.9 Å². The predicted molar refractivity (Wildman–Crippen MR) is 225 cm³/mol. The molecule has 0 saturated carbocycles. The van der Waals surface area contributed by atoms with Crippen LogP contribution in [0.4, 0.5) is 0 Å². The van der Waals surface area contributed by atoms with Gasteiger partial charge in [-0.2, -0.15) is 0 Å². The molecule has 0 saturated heterocycles. The van der Waals surface area contributed by atoms with E-state index in [0.717, 1.165) is 80.4 Å². The Kier molecular flexibility index (Phi) is 24.7.